The second-order valence-corrected chi connectivity index (χ2v) is 7.03. The second kappa shape index (κ2) is 4.88. The summed E-state index contributed by atoms with van der Waals surface area (Å²) >= 11 is 1.19. The molecule has 0 bridgehead atoms. The number of carbonyl (C=O) groups excluding carboxylic acids is 1. The van der Waals surface area contributed by atoms with Crippen molar-refractivity contribution in [1.29, 1.82) is 0 Å². The third-order valence-electron chi connectivity index (χ3n) is 4.61. The Labute approximate surface area is 139 Å². The molecule has 116 valence electrons. The number of para-hydroxylation sites is 1. The lowest BCUT2D eigenvalue weighted by molar-refractivity contribution is -0.110. The molecule has 0 spiro atoms. The highest BCUT2D eigenvalue weighted by molar-refractivity contribution is 7.97. The highest BCUT2D eigenvalue weighted by Gasteiger charge is 2.40. The van der Waals surface area contributed by atoms with E-state index in [2.05, 4.69) is 30.5 Å². The van der Waals surface area contributed by atoms with Gasteiger partial charge in [0.1, 0.15) is 0 Å². The molecule has 4 rings (SSSR count). The molecule has 0 saturated carbocycles. The lowest BCUT2D eigenvalue weighted by Gasteiger charge is -2.22. The highest BCUT2D eigenvalue weighted by Crippen LogP contribution is 2.48. The maximum Gasteiger partial charge on any atom is 0.258 e. The number of nitrogens with one attached hydrogen (secondary N) is 2. The molecule has 2 aromatic carbocycles. The summed E-state index contributed by atoms with van der Waals surface area (Å²) in [6, 6.07) is 14.0. The van der Waals surface area contributed by atoms with Crippen LogP contribution in [0.2, 0.25) is 0 Å². The van der Waals surface area contributed by atoms with Crippen molar-refractivity contribution in [3.8, 4) is 0 Å². The van der Waals surface area contributed by atoms with Gasteiger partial charge in [-0.1, -0.05) is 32.0 Å². The number of benzene rings is 2. The van der Waals surface area contributed by atoms with Gasteiger partial charge in [0.05, 0.1) is 5.57 Å². The first-order valence-electron chi connectivity index (χ1n) is 7.46. The second-order valence-electron chi connectivity index (χ2n) is 6.32. The first-order valence-corrected chi connectivity index (χ1v) is 8.34. The van der Waals surface area contributed by atoms with Crippen LogP contribution >= 0.6 is 11.9 Å². The number of allylic oxidation sites excluding steroid dienone is 1. The summed E-state index contributed by atoms with van der Waals surface area (Å²) in [6.45, 7) is 4.28. The molecule has 0 unspecified atom stereocenters. The van der Waals surface area contributed by atoms with Crippen molar-refractivity contribution in [2.45, 2.75) is 24.2 Å². The molecule has 2 aromatic rings. The molecule has 0 atom stereocenters. The van der Waals surface area contributed by atoms with Gasteiger partial charge in [0.25, 0.3) is 5.91 Å². The minimum absolute atomic E-state index is 0.0671. The Morgan fingerprint density at radius 1 is 1.04 bits per heavy atom. The van der Waals surface area contributed by atoms with Crippen LogP contribution in [-0.4, -0.2) is 5.91 Å². The maximum absolute atomic E-state index is 12.6. The normalized spacial score (nSPS) is 20.7. The minimum Gasteiger partial charge on any atom is -0.357 e. The van der Waals surface area contributed by atoms with Gasteiger partial charge in [0.2, 0.25) is 0 Å². The topological polar surface area (TPSA) is 67.2 Å². The lowest BCUT2D eigenvalue weighted by Crippen LogP contribution is -2.21. The van der Waals surface area contributed by atoms with Crippen LogP contribution in [0.4, 0.5) is 11.4 Å². The van der Waals surface area contributed by atoms with E-state index in [-0.39, 0.29) is 11.3 Å². The number of nitrogens with two attached hydrogens (primary N) is 1. The van der Waals surface area contributed by atoms with E-state index in [1.165, 1.54) is 17.5 Å². The van der Waals surface area contributed by atoms with Crippen LogP contribution in [0.15, 0.2) is 53.1 Å². The number of hydrogen-bond acceptors (Lipinski definition) is 4. The monoisotopic (exact) mass is 323 g/mol. The SMILES string of the molecule is CC1(C)/C(=C2/C(=O)Nc3ccc(SN)cc32)Nc2ccccc21. The maximum atomic E-state index is 12.6. The van der Waals surface area contributed by atoms with Gasteiger partial charge in [-0.15, -0.1) is 0 Å². The van der Waals surface area contributed by atoms with E-state index in [0.29, 0.717) is 5.57 Å². The molecule has 0 aromatic heterocycles. The van der Waals surface area contributed by atoms with E-state index in [4.69, 9.17) is 5.14 Å². The van der Waals surface area contributed by atoms with E-state index in [0.717, 1.165) is 27.5 Å². The predicted molar refractivity (Wildman–Crippen MR) is 95.1 cm³/mol. The van der Waals surface area contributed by atoms with Crippen molar-refractivity contribution in [3.05, 3.63) is 59.3 Å². The minimum atomic E-state index is -0.253. The van der Waals surface area contributed by atoms with Crippen LogP contribution in [0.25, 0.3) is 5.57 Å². The lowest BCUT2D eigenvalue weighted by atomic mass is 9.81. The van der Waals surface area contributed by atoms with Crippen LogP contribution in [0.1, 0.15) is 25.0 Å². The molecule has 0 fully saturated rings. The van der Waals surface area contributed by atoms with E-state index in [9.17, 15) is 4.79 Å². The average Bonchev–Trinajstić information content (AvgIpc) is 3.00. The first kappa shape index (κ1) is 14.4. The van der Waals surface area contributed by atoms with E-state index in [1.54, 1.807) is 0 Å². The Kier molecular flexibility index (Phi) is 3.04. The molecule has 0 saturated heterocycles. The van der Waals surface area contributed by atoms with Crippen molar-refractivity contribution in [2.75, 3.05) is 10.6 Å². The summed E-state index contributed by atoms with van der Waals surface area (Å²) in [5, 5.41) is 12.1. The van der Waals surface area contributed by atoms with Gasteiger partial charge in [-0.05, 0) is 41.8 Å². The van der Waals surface area contributed by atoms with Crippen LogP contribution in [0, 0.1) is 0 Å². The number of hydrogen-bond donors (Lipinski definition) is 3. The summed E-state index contributed by atoms with van der Waals surface area (Å²) in [4.78, 5) is 13.5. The fraction of sp³-hybridized carbons (Fsp3) is 0.167. The van der Waals surface area contributed by atoms with Crippen molar-refractivity contribution in [2.24, 2.45) is 5.14 Å². The first-order chi connectivity index (χ1) is 11.0. The molecule has 2 aliphatic rings. The van der Waals surface area contributed by atoms with Crippen molar-refractivity contribution >= 4 is 34.8 Å². The fourth-order valence-corrected chi connectivity index (χ4v) is 3.74. The molecule has 4 nitrogen and oxygen atoms in total. The van der Waals surface area contributed by atoms with E-state index < -0.39 is 0 Å². The molecular weight excluding hydrogens is 306 g/mol. The summed E-state index contributed by atoms with van der Waals surface area (Å²) in [5.74, 6) is -0.0671. The number of carbonyl (C=O) groups is 1. The summed E-state index contributed by atoms with van der Waals surface area (Å²) < 4.78 is 0. The van der Waals surface area contributed by atoms with Crippen molar-refractivity contribution in [3.63, 3.8) is 0 Å². The third-order valence-corrected chi connectivity index (χ3v) is 5.13. The molecule has 2 aliphatic heterocycles. The fourth-order valence-electron chi connectivity index (χ4n) is 3.41. The number of amides is 1. The molecule has 5 heteroatoms. The van der Waals surface area contributed by atoms with Crippen molar-refractivity contribution < 1.29 is 4.79 Å². The van der Waals surface area contributed by atoms with Gasteiger partial charge in [-0.25, -0.2) is 0 Å². The molecule has 0 radical (unpaired) electrons. The standard InChI is InChI=1S/C18H17N3OS/c1-18(2)12-5-3-4-6-14(12)20-16(18)15-11-9-10(23-19)7-8-13(11)21-17(15)22/h3-9,20H,19H2,1-2H3,(H,21,22)/b16-15-. The van der Waals surface area contributed by atoms with E-state index in [1.807, 2.05) is 36.4 Å². The zero-order valence-corrected chi connectivity index (χ0v) is 13.8. The number of anilines is 2. The molecule has 2 heterocycles. The van der Waals surface area contributed by atoms with Gasteiger partial charge < -0.3 is 10.6 Å². The number of rotatable bonds is 1. The van der Waals surface area contributed by atoms with Crippen molar-refractivity contribution in [1.82, 2.24) is 0 Å². The van der Waals surface area contributed by atoms with E-state index >= 15 is 0 Å². The summed E-state index contributed by atoms with van der Waals surface area (Å²) in [7, 11) is 0. The third kappa shape index (κ3) is 2.00. The molecule has 23 heavy (non-hydrogen) atoms. The largest absolute Gasteiger partial charge is 0.357 e. The summed E-state index contributed by atoms with van der Waals surface area (Å²) in [6.07, 6.45) is 0. The molecule has 4 N–H and O–H groups in total. The molecule has 0 aliphatic carbocycles. The summed E-state index contributed by atoms with van der Waals surface area (Å²) in [5.41, 5.74) is 5.40. The van der Waals surface area contributed by atoms with Crippen LogP contribution in [0.5, 0.6) is 0 Å². The van der Waals surface area contributed by atoms with Crippen LogP contribution in [0.3, 0.4) is 0 Å². The number of fused-ring (bicyclic) bond motifs is 2. The smallest absolute Gasteiger partial charge is 0.258 e. The van der Waals surface area contributed by atoms with Crippen LogP contribution < -0.4 is 15.8 Å². The zero-order chi connectivity index (χ0) is 16.2. The van der Waals surface area contributed by atoms with Gasteiger partial charge in [-0.3, -0.25) is 9.93 Å². The Hall–Kier alpha value is -2.24. The Balaban J connectivity index is 1.95. The molecular formula is C18H17N3OS. The quantitative estimate of drug-likeness (QED) is 0.553. The molecule has 1 amide bonds. The highest BCUT2D eigenvalue weighted by atomic mass is 32.2. The average molecular weight is 323 g/mol. The van der Waals surface area contributed by atoms with Gasteiger partial charge in [0.15, 0.2) is 0 Å². The van der Waals surface area contributed by atoms with Gasteiger partial charge >= 0.3 is 0 Å². The van der Waals surface area contributed by atoms with Gasteiger partial charge in [0, 0.05) is 32.9 Å². The van der Waals surface area contributed by atoms with Crippen LogP contribution in [-0.2, 0) is 10.2 Å². The van der Waals surface area contributed by atoms with Gasteiger partial charge in [-0.2, -0.15) is 0 Å². The zero-order valence-electron chi connectivity index (χ0n) is 12.9. The Morgan fingerprint density at radius 2 is 1.83 bits per heavy atom. The Bertz CT molecular complexity index is 870. The Morgan fingerprint density at radius 3 is 2.57 bits per heavy atom. The predicted octanol–water partition coefficient (Wildman–Crippen LogP) is 3.72.